The van der Waals surface area contributed by atoms with Crippen molar-refractivity contribution in [3.8, 4) is 11.5 Å². The SMILES string of the molecule is COc1ccc(C2O[C@@H](C(=O)O)[C@H](c3ccccc3)N2C(=O)NC(C)(C)C)c(OC)c1.[H-].[K+]. The first-order valence-corrected chi connectivity index (χ1v) is 9.92. The number of carboxylic acid groups (broad SMARTS) is 1. The number of urea groups is 1. The molecule has 2 aromatic carbocycles. The molecule has 1 saturated heterocycles. The molecule has 0 saturated carbocycles. The summed E-state index contributed by atoms with van der Waals surface area (Å²) in [5.74, 6) is -0.160. The van der Waals surface area contributed by atoms with E-state index in [0.717, 1.165) is 0 Å². The zero-order chi connectivity index (χ0) is 22.8. The number of nitrogens with one attached hydrogen (secondary N) is 1. The summed E-state index contributed by atoms with van der Waals surface area (Å²) in [5, 5.41) is 12.8. The monoisotopic (exact) mass is 468 g/mol. The molecule has 0 aromatic heterocycles. The van der Waals surface area contributed by atoms with Gasteiger partial charge < -0.3 is 26.1 Å². The Kier molecular flexibility index (Phi) is 9.15. The number of nitrogens with zero attached hydrogens (tertiary/aromatic N) is 1. The van der Waals surface area contributed by atoms with Crippen LogP contribution in [0.2, 0.25) is 0 Å². The quantitative estimate of drug-likeness (QED) is 0.632. The minimum Gasteiger partial charge on any atom is -1.00 e. The summed E-state index contributed by atoms with van der Waals surface area (Å²) in [7, 11) is 3.03. The molecule has 0 radical (unpaired) electrons. The van der Waals surface area contributed by atoms with Gasteiger partial charge in [0.25, 0.3) is 0 Å². The summed E-state index contributed by atoms with van der Waals surface area (Å²) in [6, 6.07) is 12.8. The number of hydrogen-bond acceptors (Lipinski definition) is 5. The summed E-state index contributed by atoms with van der Waals surface area (Å²) < 4.78 is 16.7. The van der Waals surface area contributed by atoms with Crippen molar-refractivity contribution >= 4 is 12.0 Å². The maximum atomic E-state index is 13.4. The summed E-state index contributed by atoms with van der Waals surface area (Å²) in [5.41, 5.74) is 0.653. The predicted molar refractivity (Wildman–Crippen MR) is 115 cm³/mol. The van der Waals surface area contributed by atoms with E-state index < -0.39 is 35.9 Å². The molecule has 1 aliphatic heterocycles. The second-order valence-corrected chi connectivity index (χ2v) is 8.30. The van der Waals surface area contributed by atoms with Crippen LogP contribution in [0.1, 0.15) is 45.6 Å². The molecule has 1 fully saturated rings. The zero-order valence-corrected chi connectivity index (χ0v) is 22.4. The molecule has 1 heterocycles. The smallest absolute Gasteiger partial charge is 1.00 e. The molecule has 2 aromatic rings. The van der Waals surface area contributed by atoms with Crippen molar-refractivity contribution in [3.63, 3.8) is 0 Å². The Morgan fingerprint density at radius 2 is 1.75 bits per heavy atom. The van der Waals surface area contributed by atoms with Crippen LogP contribution in [0.4, 0.5) is 4.79 Å². The minimum atomic E-state index is -1.26. The van der Waals surface area contributed by atoms with Crippen LogP contribution in [0, 0.1) is 0 Å². The molecule has 2 N–H and O–H groups in total. The van der Waals surface area contributed by atoms with E-state index in [2.05, 4.69) is 5.32 Å². The molecule has 0 aliphatic carbocycles. The van der Waals surface area contributed by atoms with Crippen LogP contribution in [-0.4, -0.2) is 47.9 Å². The van der Waals surface area contributed by atoms with Gasteiger partial charge in [0.05, 0.1) is 20.3 Å². The molecular formula is C23H29KN2O6. The van der Waals surface area contributed by atoms with Crippen molar-refractivity contribution in [2.24, 2.45) is 0 Å². The first kappa shape index (κ1) is 26.6. The average molecular weight is 469 g/mol. The van der Waals surface area contributed by atoms with E-state index in [1.54, 1.807) is 42.5 Å². The Balaban J connectivity index is 0.00000272. The van der Waals surface area contributed by atoms with Gasteiger partial charge in [-0.2, -0.15) is 0 Å². The number of methoxy groups -OCH3 is 2. The van der Waals surface area contributed by atoms with Gasteiger partial charge in [0.1, 0.15) is 11.5 Å². The number of benzene rings is 2. The van der Waals surface area contributed by atoms with Gasteiger partial charge >= 0.3 is 63.4 Å². The van der Waals surface area contributed by atoms with Crippen molar-refractivity contribution in [2.45, 2.75) is 44.7 Å². The number of carboxylic acids is 1. The van der Waals surface area contributed by atoms with Gasteiger partial charge in [-0.3, -0.25) is 4.90 Å². The predicted octanol–water partition coefficient (Wildman–Crippen LogP) is 0.854. The molecular weight excluding hydrogens is 439 g/mol. The Morgan fingerprint density at radius 1 is 1.09 bits per heavy atom. The van der Waals surface area contributed by atoms with E-state index in [9.17, 15) is 14.7 Å². The van der Waals surface area contributed by atoms with E-state index in [4.69, 9.17) is 14.2 Å². The first-order valence-electron chi connectivity index (χ1n) is 9.92. The third kappa shape index (κ3) is 5.83. The third-order valence-electron chi connectivity index (χ3n) is 4.92. The average Bonchev–Trinajstić information content (AvgIpc) is 3.13. The maximum absolute atomic E-state index is 13.4. The van der Waals surface area contributed by atoms with Crippen LogP contribution < -0.4 is 66.2 Å². The van der Waals surface area contributed by atoms with E-state index in [1.165, 1.54) is 19.1 Å². The fourth-order valence-electron chi connectivity index (χ4n) is 3.61. The molecule has 9 heteroatoms. The van der Waals surface area contributed by atoms with Gasteiger partial charge in [-0.25, -0.2) is 9.59 Å². The van der Waals surface area contributed by atoms with Crippen molar-refractivity contribution in [1.82, 2.24) is 10.2 Å². The summed E-state index contributed by atoms with van der Waals surface area (Å²) in [6.07, 6.45) is -2.24. The summed E-state index contributed by atoms with van der Waals surface area (Å²) in [6.45, 7) is 5.57. The topological polar surface area (TPSA) is 97.3 Å². The number of amides is 2. The maximum Gasteiger partial charge on any atom is 1.00 e. The first-order chi connectivity index (χ1) is 14.7. The van der Waals surface area contributed by atoms with Crippen molar-refractivity contribution < 1.29 is 81.7 Å². The minimum absolute atomic E-state index is 0. The Morgan fingerprint density at radius 3 is 2.28 bits per heavy atom. The van der Waals surface area contributed by atoms with Gasteiger partial charge in [-0.15, -0.1) is 0 Å². The van der Waals surface area contributed by atoms with Crippen LogP contribution in [0.25, 0.3) is 0 Å². The van der Waals surface area contributed by atoms with Gasteiger partial charge in [0, 0.05) is 17.2 Å². The van der Waals surface area contributed by atoms with Gasteiger partial charge in [-0.05, 0) is 38.5 Å². The van der Waals surface area contributed by atoms with Crippen LogP contribution >= 0.6 is 0 Å². The second-order valence-electron chi connectivity index (χ2n) is 8.30. The molecule has 32 heavy (non-hydrogen) atoms. The van der Waals surface area contributed by atoms with E-state index in [-0.39, 0.29) is 52.8 Å². The van der Waals surface area contributed by atoms with Crippen molar-refractivity contribution in [3.05, 3.63) is 59.7 Å². The number of ether oxygens (including phenoxy) is 3. The fourth-order valence-corrected chi connectivity index (χ4v) is 3.61. The van der Waals surface area contributed by atoms with Crippen LogP contribution in [0.3, 0.4) is 0 Å². The second kappa shape index (κ2) is 11.0. The fraction of sp³-hybridized carbons (Fsp3) is 0.391. The molecule has 168 valence electrons. The Bertz CT molecular complexity index is 954. The molecule has 2 amide bonds. The van der Waals surface area contributed by atoms with Crippen molar-refractivity contribution in [2.75, 3.05) is 14.2 Å². The van der Waals surface area contributed by atoms with E-state index >= 15 is 0 Å². The van der Waals surface area contributed by atoms with Crippen LogP contribution in [0.15, 0.2) is 48.5 Å². The number of aliphatic carboxylic acids is 1. The molecule has 1 unspecified atom stereocenters. The van der Waals surface area contributed by atoms with Gasteiger partial charge in [0.15, 0.2) is 12.3 Å². The van der Waals surface area contributed by atoms with Crippen molar-refractivity contribution in [1.29, 1.82) is 0 Å². The van der Waals surface area contributed by atoms with Gasteiger partial charge in [-0.1, -0.05) is 30.3 Å². The number of rotatable bonds is 5. The Labute approximate surface area is 232 Å². The molecule has 1 aliphatic rings. The molecule has 3 rings (SSSR count). The number of carbonyl (C=O) groups excluding carboxylic acids is 1. The number of hydrogen-bond donors (Lipinski definition) is 2. The van der Waals surface area contributed by atoms with E-state index in [1.807, 2.05) is 26.8 Å². The largest absolute Gasteiger partial charge is 1.00 e. The third-order valence-corrected chi connectivity index (χ3v) is 4.92. The standard InChI is InChI=1S/C23H28N2O6.K.H/c1-23(2,3)24-22(28)25-18(14-9-7-6-8-10-14)19(21(26)27)31-20(25)16-12-11-15(29-4)13-17(16)30-5;;/h6-13,18-20H,1-5H3,(H,24,28)(H,26,27);;/q;+1;-1/t18-,19+,20?;;/m0../s1. The summed E-state index contributed by atoms with van der Waals surface area (Å²) >= 11 is 0. The molecule has 8 nitrogen and oxygen atoms in total. The molecule has 0 spiro atoms. The van der Waals surface area contributed by atoms with Gasteiger partial charge in [0.2, 0.25) is 0 Å². The normalized spacial score (nSPS) is 20.3. The van der Waals surface area contributed by atoms with Crippen LogP contribution in [-0.2, 0) is 9.53 Å². The molecule has 3 atom stereocenters. The Hall–Kier alpha value is -1.62. The zero-order valence-electron chi connectivity index (χ0n) is 20.3. The summed E-state index contributed by atoms with van der Waals surface area (Å²) in [4.78, 5) is 27.0. The van der Waals surface area contributed by atoms with Crippen LogP contribution in [0.5, 0.6) is 11.5 Å². The number of carbonyl (C=O) groups is 2. The molecule has 0 bridgehead atoms. The van der Waals surface area contributed by atoms with E-state index in [0.29, 0.717) is 22.6 Å².